The van der Waals surface area contributed by atoms with E-state index < -0.39 is 9.84 Å². The van der Waals surface area contributed by atoms with E-state index in [4.69, 9.17) is 9.26 Å². The van der Waals surface area contributed by atoms with E-state index in [0.29, 0.717) is 25.3 Å². The van der Waals surface area contributed by atoms with E-state index in [1.165, 1.54) is 0 Å². The topological polar surface area (TPSA) is 89.7 Å². The summed E-state index contributed by atoms with van der Waals surface area (Å²) in [6, 6.07) is 16.4. The normalized spacial score (nSPS) is 17.2. The lowest BCUT2D eigenvalue weighted by molar-refractivity contribution is 0.0670. The van der Waals surface area contributed by atoms with E-state index in [9.17, 15) is 13.2 Å². The molecule has 2 aromatic carbocycles. The quantitative estimate of drug-likeness (QED) is 0.538. The third-order valence-electron chi connectivity index (χ3n) is 5.56. The van der Waals surface area contributed by atoms with Crippen molar-refractivity contribution >= 4 is 15.7 Å². The van der Waals surface area contributed by atoms with Gasteiger partial charge in [0.1, 0.15) is 5.75 Å². The van der Waals surface area contributed by atoms with Crippen LogP contribution < -0.4 is 4.74 Å². The van der Waals surface area contributed by atoms with Gasteiger partial charge in [0.25, 0.3) is 5.91 Å². The van der Waals surface area contributed by atoms with Gasteiger partial charge in [0, 0.05) is 24.2 Å². The minimum Gasteiger partial charge on any atom is -0.494 e. The first-order chi connectivity index (χ1) is 15.3. The molecule has 0 saturated carbocycles. The molecular weight excluding hydrogens is 428 g/mol. The van der Waals surface area contributed by atoms with E-state index in [2.05, 4.69) is 5.16 Å². The molecule has 0 unspecified atom stereocenters. The Kier molecular flexibility index (Phi) is 6.32. The highest BCUT2D eigenvalue weighted by molar-refractivity contribution is 7.91. The number of benzene rings is 2. The summed E-state index contributed by atoms with van der Waals surface area (Å²) in [5, 5.41) is 3.99. The Morgan fingerprint density at radius 3 is 2.50 bits per heavy atom. The van der Waals surface area contributed by atoms with Gasteiger partial charge in [0.2, 0.25) is 0 Å². The number of aromatic nitrogens is 1. The Morgan fingerprint density at radius 2 is 1.88 bits per heavy atom. The van der Waals surface area contributed by atoms with Gasteiger partial charge in [0.15, 0.2) is 21.3 Å². The van der Waals surface area contributed by atoms with Crippen LogP contribution in [0, 0.1) is 6.92 Å². The Balaban J connectivity index is 1.58. The van der Waals surface area contributed by atoms with E-state index in [1.54, 1.807) is 11.0 Å². The highest BCUT2D eigenvalue weighted by Gasteiger charge is 2.36. The third-order valence-corrected chi connectivity index (χ3v) is 7.31. The summed E-state index contributed by atoms with van der Waals surface area (Å²) in [4.78, 5) is 15.0. The smallest absolute Gasteiger partial charge is 0.276 e. The largest absolute Gasteiger partial charge is 0.494 e. The van der Waals surface area contributed by atoms with Crippen molar-refractivity contribution in [3.63, 3.8) is 0 Å². The van der Waals surface area contributed by atoms with E-state index in [0.717, 1.165) is 22.4 Å². The predicted octanol–water partition coefficient (Wildman–Crippen LogP) is 3.88. The fraction of sp³-hybridized carbons (Fsp3) is 0.333. The number of hydrogen-bond donors (Lipinski definition) is 0. The van der Waals surface area contributed by atoms with Crippen molar-refractivity contribution in [2.75, 3.05) is 18.1 Å². The van der Waals surface area contributed by atoms with Gasteiger partial charge in [-0.25, -0.2) is 8.42 Å². The lowest BCUT2D eigenvalue weighted by Crippen LogP contribution is -2.40. The van der Waals surface area contributed by atoms with Crippen LogP contribution >= 0.6 is 0 Å². The summed E-state index contributed by atoms with van der Waals surface area (Å²) in [5.74, 6) is 0.929. The summed E-state index contributed by atoms with van der Waals surface area (Å²) in [5.41, 5.74) is 2.98. The summed E-state index contributed by atoms with van der Waals surface area (Å²) >= 11 is 0. The molecule has 1 fully saturated rings. The number of rotatable bonds is 7. The monoisotopic (exact) mass is 454 g/mol. The zero-order valence-electron chi connectivity index (χ0n) is 18.2. The van der Waals surface area contributed by atoms with Crippen LogP contribution in [0.3, 0.4) is 0 Å². The number of ether oxygens (including phenoxy) is 1. The van der Waals surface area contributed by atoms with Crippen LogP contribution in [0.25, 0.3) is 11.3 Å². The van der Waals surface area contributed by atoms with Gasteiger partial charge in [-0.1, -0.05) is 35.0 Å². The van der Waals surface area contributed by atoms with Gasteiger partial charge < -0.3 is 14.2 Å². The van der Waals surface area contributed by atoms with Crippen molar-refractivity contribution in [1.29, 1.82) is 0 Å². The summed E-state index contributed by atoms with van der Waals surface area (Å²) in [6.07, 6.45) is 0.420. The van der Waals surface area contributed by atoms with Crippen molar-refractivity contribution < 1.29 is 22.5 Å². The molecule has 4 rings (SSSR count). The van der Waals surface area contributed by atoms with Gasteiger partial charge in [-0.3, -0.25) is 4.79 Å². The SMILES string of the molecule is CCOc1ccc(-c2cc(C(=O)N(Cc3ccc(C)cc3)[C@H]3CCS(=O)(=O)C3)no2)cc1. The highest BCUT2D eigenvalue weighted by Crippen LogP contribution is 2.26. The lowest BCUT2D eigenvalue weighted by Gasteiger charge is -2.27. The second-order valence-electron chi connectivity index (χ2n) is 8.01. The van der Waals surface area contributed by atoms with Gasteiger partial charge in [0.05, 0.1) is 18.1 Å². The molecule has 0 spiro atoms. The maximum Gasteiger partial charge on any atom is 0.276 e. The molecule has 1 aliphatic heterocycles. The molecule has 0 N–H and O–H groups in total. The Bertz CT molecular complexity index is 1180. The van der Waals surface area contributed by atoms with Crippen molar-refractivity contribution in [3.05, 3.63) is 71.4 Å². The molecule has 0 aliphatic carbocycles. The van der Waals surface area contributed by atoms with Crippen molar-refractivity contribution in [1.82, 2.24) is 10.1 Å². The van der Waals surface area contributed by atoms with E-state index in [-0.39, 0.29) is 29.1 Å². The number of amides is 1. The first-order valence-corrected chi connectivity index (χ1v) is 12.4. The Morgan fingerprint density at radius 1 is 1.16 bits per heavy atom. The number of carbonyl (C=O) groups is 1. The first kappa shape index (κ1) is 22.1. The number of sulfone groups is 1. The average molecular weight is 455 g/mol. The molecule has 1 amide bonds. The molecule has 1 atom stereocenters. The molecule has 0 radical (unpaired) electrons. The molecule has 8 heteroatoms. The van der Waals surface area contributed by atoms with Crippen LogP contribution in [-0.2, 0) is 16.4 Å². The Hall–Kier alpha value is -3.13. The van der Waals surface area contributed by atoms with Gasteiger partial charge in [-0.05, 0) is 50.1 Å². The van der Waals surface area contributed by atoms with E-state index >= 15 is 0 Å². The molecule has 1 aliphatic rings. The number of nitrogens with zero attached hydrogens (tertiary/aromatic N) is 2. The van der Waals surface area contributed by atoms with Crippen LogP contribution in [0.15, 0.2) is 59.1 Å². The molecule has 7 nitrogen and oxygen atoms in total. The maximum atomic E-state index is 13.4. The van der Waals surface area contributed by atoms with Crippen LogP contribution in [0.1, 0.15) is 35.0 Å². The number of hydrogen-bond acceptors (Lipinski definition) is 6. The molecule has 2 heterocycles. The van der Waals surface area contributed by atoms with Gasteiger partial charge in [-0.15, -0.1) is 0 Å². The Labute approximate surface area is 187 Å². The number of aryl methyl sites for hydroxylation is 1. The van der Waals surface area contributed by atoms with Gasteiger partial charge >= 0.3 is 0 Å². The molecule has 168 valence electrons. The van der Waals surface area contributed by atoms with Crippen molar-refractivity contribution in [2.24, 2.45) is 0 Å². The average Bonchev–Trinajstić information content (AvgIpc) is 3.40. The van der Waals surface area contributed by atoms with E-state index in [1.807, 2.05) is 62.4 Å². The molecular formula is C24H26N2O5S. The minimum absolute atomic E-state index is 0.0335. The fourth-order valence-corrected chi connectivity index (χ4v) is 5.55. The molecule has 1 saturated heterocycles. The van der Waals surface area contributed by atoms with Gasteiger partial charge in [-0.2, -0.15) is 0 Å². The molecule has 32 heavy (non-hydrogen) atoms. The third kappa shape index (κ3) is 5.02. The van der Waals surface area contributed by atoms with Crippen LogP contribution in [-0.4, -0.2) is 48.5 Å². The fourth-order valence-electron chi connectivity index (χ4n) is 3.82. The molecule has 1 aromatic heterocycles. The number of carbonyl (C=O) groups excluding carboxylic acids is 1. The molecule has 0 bridgehead atoms. The molecule has 3 aromatic rings. The second-order valence-corrected chi connectivity index (χ2v) is 10.2. The highest BCUT2D eigenvalue weighted by atomic mass is 32.2. The standard InChI is InChI=1S/C24H26N2O5S/c1-3-30-21-10-8-19(9-11-21)23-14-22(25-31-23)24(27)26(20-12-13-32(28,29)16-20)15-18-6-4-17(2)5-7-18/h4-11,14,20H,3,12-13,15-16H2,1-2H3/t20-/m0/s1. The second kappa shape index (κ2) is 9.16. The zero-order valence-corrected chi connectivity index (χ0v) is 19.0. The van der Waals surface area contributed by atoms with Crippen LogP contribution in [0.4, 0.5) is 0 Å². The summed E-state index contributed by atoms with van der Waals surface area (Å²) in [7, 11) is -3.15. The zero-order chi connectivity index (χ0) is 22.7. The summed E-state index contributed by atoms with van der Waals surface area (Å²) in [6.45, 7) is 4.80. The summed E-state index contributed by atoms with van der Waals surface area (Å²) < 4.78 is 35.1. The minimum atomic E-state index is -3.15. The van der Waals surface area contributed by atoms with Crippen molar-refractivity contribution in [2.45, 2.75) is 32.9 Å². The first-order valence-electron chi connectivity index (χ1n) is 10.6. The lowest BCUT2D eigenvalue weighted by atomic mass is 10.1. The van der Waals surface area contributed by atoms with Crippen molar-refractivity contribution in [3.8, 4) is 17.1 Å². The van der Waals surface area contributed by atoms with Crippen LogP contribution in [0.2, 0.25) is 0 Å². The van der Waals surface area contributed by atoms with Crippen LogP contribution in [0.5, 0.6) is 5.75 Å². The predicted molar refractivity (Wildman–Crippen MR) is 121 cm³/mol. The maximum absolute atomic E-state index is 13.4.